The van der Waals surface area contributed by atoms with Crippen molar-refractivity contribution in [1.29, 1.82) is 0 Å². The van der Waals surface area contributed by atoms with Crippen LogP contribution < -0.4 is 10.6 Å². The van der Waals surface area contributed by atoms with E-state index in [1.807, 2.05) is 20.8 Å². The molecule has 0 unspecified atom stereocenters. The fourth-order valence-electron chi connectivity index (χ4n) is 0.646. The van der Waals surface area contributed by atoms with Gasteiger partial charge in [-0.1, -0.05) is 0 Å². The molecule has 0 aromatic heterocycles. The molecule has 0 aliphatic carbocycles. The van der Waals surface area contributed by atoms with Crippen molar-refractivity contribution >= 4 is 6.03 Å². The van der Waals surface area contributed by atoms with Crippen LogP contribution in [0.3, 0.4) is 0 Å². The summed E-state index contributed by atoms with van der Waals surface area (Å²) < 4.78 is 0. The minimum absolute atomic E-state index is 0.0441. The summed E-state index contributed by atoms with van der Waals surface area (Å²) in [5.74, 6) is 0. The number of amides is 2. The summed E-state index contributed by atoms with van der Waals surface area (Å²) in [6.07, 6.45) is 0. The SMILES string of the molecule is C[C@@H](CO)NC(=O)NC(C)(C)C. The Morgan fingerprint density at radius 2 is 2.00 bits per heavy atom. The van der Waals surface area contributed by atoms with Crippen LogP contribution in [0, 0.1) is 0 Å². The molecule has 0 aromatic rings. The van der Waals surface area contributed by atoms with Crippen LogP contribution in [-0.4, -0.2) is 29.3 Å². The van der Waals surface area contributed by atoms with Crippen LogP contribution in [0.4, 0.5) is 4.79 Å². The summed E-state index contributed by atoms with van der Waals surface area (Å²) >= 11 is 0. The van der Waals surface area contributed by atoms with Gasteiger partial charge in [-0.15, -0.1) is 0 Å². The molecule has 0 aliphatic rings. The van der Waals surface area contributed by atoms with E-state index in [1.165, 1.54) is 0 Å². The molecule has 0 saturated carbocycles. The van der Waals surface area contributed by atoms with Crippen LogP contribution in [0.2, 0.25) is 0 Å². The molecule has 0 rings (SSSR count). The summed E-state index contributed by atoms with van der Waals surface area (Å²) in [4.78, 5) is 11.1. The van der Waals surface area contributed by atoms with Crippen molar-refractivity contribution in [2.24, 2.45) is 0 Å². The number of carbonyl (C=O) groups is 1. The van der Waals surface area contributed by atoms with Crippen LogP contribution in [0.25, 0.3) is 0 Å². The predicted molar refractivity (Wildman–Crippen MR) is 48.0 cm³/mol. The van der Waals surface area contributed by atoms with Crippen molar-refractivity contribution in [2.75, 3.05) is 6.61 Å². The average Bonchev–Trinajstić information content (AvgIpc) is 1.82. The van der Waals surface area contributed by atoms with Gasteiger partial charge in [-0.2, -0.15) is 0 Å². The smallest absolute Gasteiger partial charge is 0.315 e. The molecule has 4 heteroatoms. The molecule has 12 heavy (non-hydrogen) atoms. The largest absolute Gasteiger partial charge is 0.394 e. The van der Waals surface area contributed by atoms with Crippen LogP contribution in [-0.2, 0) is 0 Å². The lowest BCUT2D eigenvalue weighted by Crippen LogP contribution is -2.49. The molecule has 0 radical (unpaired) electrons. The average molecular weight is 174 g/mol. The monoisotopic (exact) mass is 174 g/mol. The highest BCUT2D eigenvalue weighted by atomic mass is 16.3. The highest BCUT2D eigenvalue weighted by Crippen LogP contribution is 1.97. The summed E-state index contributed by atoms with van der Waals surface area (Å²) in [6, 6.07) is -0.448. The summed E-state index contributed by atoms with van der Waals surface area (Å²) in [6.45, 7) is 7.39. The Morgan fingerprint density at radius 3 is 2.33 bits per heavy atom. The molecule has 4 nitrogen and oxygen atoms in total. The van der Waals surface area contributed by atoms with Gasteiger partial charge in [0.25, 0.3) is 0 Å². The number of nitrogens with one attached hydrogen (secondary N) is 2. The topological polar surface area (TPSA) is 61.4 Å². The van der Waals surface area contributed by atoms with Crippen molar-refractivity contribution in [3.05, 3.63) is 0 Å². The van der Waals surface area contributed by atoms with Crippen molar-refractivity contribution in [1.82, 2.24) is 10.6 Å². The van der Waals surface area contributed by atoms with Gasteiger partial charge in [-0.3, -0.25) is 0 Å². The van der Waals surface area contributed by atoms with Crippen LogP contribution in [0.15, 0.2) is 0 Å². The van der Waals surface area contributed by atoms with E-state index in [-0.39, 0.29) is 24.2 Å². The Kier molecular flexibility index (Phi) is 4.03. The molecular formula is C8H18N2O2. The number of carbonyl (C=O) groups excluding carboxylic acids is 1. The number of aliphatic hydroxyl groups excluding tert-OH is 1. The van der Waals surface area contributed by atoms with E-state index in [0.717, 1.165) is 0 Å². The number of aliphatic hydroxyl groups is 1. The molecule has 72 valence electrons. The maximum Gasteiger partial charge on any atom is 0.315 e. The second kappa shape index (κ2) is 4.30. The maximum atomic E-state index is 11.1. The van der Waals surface area contributed by atoms with Crippen molar-refractivity contribution in [3.8, 4) is 0 Å². The van der Waals surface area contributed by atoms with E-state index < -0.39 is 0 Å². The van der Waals surface area contributed by atoms with Crippen LogP contribution >= 0.6 is 0 Å². The molecule has 0 spiro atoms. The highest BCUT2D eigenvalue weighted by Gasteiger charge is 2.14. The molecule has 3 N–H and O–H groups in total. The summed E-state index contributed by atoms with van der Waals surface area (Å²) in [5, 5.41) is 13.9. The van der Waals surface area contributed by atoms with Crippen molar-refractivity contribution < 1.29 is 9.90 Å². The minimum Gasteiger partial charge on any atom is -0.394 e. The van der Waals surface area contributed by atoms with Gasteiger partial charge >= 0.3 is 6.03 Å². The summed E-state index contributed by atoms with van der Waals surface area (Å²) in [5.41, 5.74) is -0.237. The first kappa shape index (κ1) is 11.2. The second-order valence-corrected chi connectivity index (χ2v) is 3.93. The summed E-state index contributed by atoms with van der Waals surface area (Å²) in [7, 11) is 0. The van der Waals surface area contributed by atoms with Gasteiger partial charge in [0.05, 0.1) is 12.6 Å². The molecule has 0 heterocycles. The number of hydrogen-bond acceptors (Lipinski definition) is 2. The van der Waals surface area contributed by atoms with Gasteiger partial charge < -0.3 is 15.7 Å². The van der Waals surface area contributed by atoms with Gasteiger partial charge in [0.2, 0.25) is 0 Å². The quantitative estimate of drug-likeness (QED) is 0.569. The molecule has 0 aliphatic heterocycles. The third-order valence-corrected chi connectivity index (χ3v) is 1.14. The maximum absolute atomic E-state index is 11.1. The van der Waals surface area contributed by atoms with Crippen LogP contribution in [0.1, 0.15) is 27.7 Å². The lowest BCUT2D eigenvalue weighted by Gasteiger charge is -2.22. The zero-order chi connectivity index (χ0) is 9.78. The third kappa shape index (κ3) is 5.97. The zero-order valence-corrected chi connectivity index (χ0v) is 8.14. The van der Waals surface area contributed by atoms with E-state index in [9.17, 15) is 4.79 Å². The van der Waals surface area contributed by atoms with E-state index in [0.29, 0.717) is 0 Å². The van der Waals surface area contributed by atoms with Crippen molar-refractivity contribution in [2.45, 2.75) is 39.3 Å². The Morgan fingerprint density at radius 1 is 1.50 bits per heavy atom. The first-order valence-electron chi connectivity index (χ1n) is 4.04. The Bertz CT molecular complexity index is 152. The first-order chi connectivity index (χ1) is 5.35. The van der Waals surface area contributed by atoms with Gasteiger partial charge in [0.15, 0.2) is 0 Å². The second-order valence-electron chi connectivity index (χ2n) is 3.93. The minimum atomic E-state index is -0.246. The Labute approximate surface area is 73.3 Å². The van der Waals surface area contributed by atoms with E-state index in [1.54, 1.807) is 6.92 Å². The van der Waals surface area contributed by atoms with E-state index in [2.05, 4.69) is 10.6 Å². The molecule has 1 atom stereocenters. The molecule has 2 amide bonds. The number of hydrogen-bond donors (Lipinski definition) is 3. The van der Waals surface area contributed by atoms with E-state index in [4.69, 9.17) is 5.11 Å². The fourth-order valence-corrected chi connectivity index (χ4v) is 0.646. The van der Waals surface area contributed by atoms with Gasteiger partial charge in [-0.25, -0.2) is 4.79 Å². The van der Waals surface area contributed by atoms with Gasteiger partial charge in [-0.05, 0) is 27.7 Å². The van der Waals surface area contributed by atoms with Crippen molar-refractivity contribution in [3.63, 3.8) is 0 Å². The third-order valence-electron chi connectivity index (χ3n) is 1.14. The normalized spacial score (nSPS) is 13.8. The Balaban J connectivity index is 3.75. The molecular weight excluding hydrogens is 156 g/mol. The number of urea groups is 1. The lowest BCUT2D eigenvalue weighted by atomic mass is 10.1. The Hall–Kier alpha value is -0.770. The fraction of sp³-hybridized carbons (Fsp3) is 0.875. The standard InChI is InChI=1S/C8H18N2O2/c1-6(5-11)9-7(12)10-8(2,3)4/h6,11H,5H2,1-4H3,(H2,9,10,12)/t6-/m0/s1. The predicted octanol–water partition coefficient (Wildman–Crippen LogP) is 0.465. The number of rotatable bonds is 2. The van der Waals surface area contributed by atoms with E-state index >= 15 is 0 Å². The molecule has 0 fully saturated rings. The molecule has 0 bridgehead atoms. The molecule has 0 aromatic carbocycles. The lowest BCUT2D eigenvalue weighted by molar-refractivity contribution is 0.213. The zero-order valence-electron chi connectivity index (χ0n) is 8.14. The van der Waals surface area contributed by atoms with Gasteiger partial charge in [0.1, 0.15) is 0 Å². The molecule has 0 saturated heterocycles. The van der Waals surface area contributed by atoms with Gasteiger partial charge in [0, 0.05) is 5.54 Å². The van der Waals surface area contributed by atoms with Crippen LogP contribution in [0.5, 0.6) is 0 Å². The highest BCUT2D eigenvalue weighted by molar-refractivity contribution is 5.74. The first-order valence-corrected chi connectivity index (χ1v) is 4.04.